The molecule has 39 heavy (non-hydrogen) atoms. The fourth-order valence-electron chi connectivity index (χ4n) is 4.30. The van der Waals surface area contributed by atoms with E-state index < -0.39 is 11.7 Å². The first kappa shape index (κ1) is 26.3. The minimum Gasteiger partial charge on any atom is -0.454 e. The van der Waals surface area contributed by atoms with Crippen LogP contribution < -0.4 is 14.8 Å². The number of hydrogen-bond donors (Lipinski definition) is 1. The second-order valence-corrected chi connectivity index (χ2v) is 9.26. The molecule has 0 saturated carbocycles. The van der Waals surface area contributed by atoms with Crippen molar-refractivity contribution in [3.8, 4) is 11.5 Å². The first-order valence-corrected chi connectivity index (χ1v) is 12.3. The first-order valence-electron chi connectivity index (χ1n) is 12.3. The standard InChI is InChI=1S/C29H26F3N3O4/c1-19(22-5-3-2-4-6-22)33-28(36)24-17-37-27(34-24)16-35(14-20-7-10-23(11-8-20)29(30,31)32)15-21-9-12-25-26(13-21)39-18-38-25/h2-13,17,19H,14-16,18H2,1H3,(H,33,36)/t19-/m0/s1. The zero-order chi connectivity index (χ0) is 27.4. The van der Waals surface area contributed by atoms with Gasteiger partial charge in [-0.3, -0.25) is 9.69 Å². The van der Waals surface area contributed by atoms with Crippen LogP contribution in [0.25, 0.3) is 0 Å². The molecule has 1 atom stereocenters. The third kappa shape index (κ3) is 6.58. The second kappa shape index (κ2) is 11.2. The van der Waals surface area contributed by atoms with Crippen molar-refractivity contribution < 1.29 is 31.9 Å². The predicted molar refractivity (Wildman–Crippen MR) is 136 cm³/mol. The third-order valence-corrected chi connectivity index (χ3v) is 6.32. The molecule has 0 aliphatic carbocycles. The Bertz CT molecular complexity index is 1420. The Hall–Kier alpha value is -4.31. The third-order valence-electron chi connectivity index (χ3n) is 6.32. The number of hydrogen-bond acceptors (Lipinski definition) is 6. The summed E-state index contributed by atoms with van der Waals surface area (Å²) in [7, 11) is 0. The van der Waals surface area contributed by atoms with Crippen molar-refractivity contribution in [3.63, 3.8) is 0 Å². The second-order valence-electron chi connectivity index (χ2n) is 9.26. The summed E-state index contributed by atoms with van der Waals surface area (Å²) in [5.41, 5.74) is 1.99. The summed E-state index contributed by atoms with van der Waals surface area (Å²) >= 11 is 0. The van der Waals surface area contributed by atoms with Gasteiger partial charge in [0.2, 0.25) is 12.7 Å². The highest BCUT2D eigenvalue weighted by molar-refractivity contribution is 5.92. The number of nitrogens with one attached hydrogen (secondary N) is 1. The molecule has 0 spiro atoms. The maximum absolute atomic E-state index is 13.0. The van der Waals surface area contributed by atoms with Gasteiger partial charge in [-0.15, -0.1) is 0 Å². The van der Waals surface area contributed by atoms with Gasteiger partial charge < -0.3 is 19.2 Å². The van der Waals surface area contributed by atoms with Crippen LogP contribution in [0.15, 0.2) is 83.5 Å². The fourth-order valence-corrected chi connectivity index (χ4v) is 4.30. The number of ether oxygens (including phenoxy) is 2. The number of aromatic nitrogens is 1. The van der Waals surface area contributed by atoms with Crippen LogP contribution >= 0.6 is 0 Å². The summed E-state index contributed by atoms with van der Waals surface area (Å²) in [5, 5.41) is 2.91. The van der Waals surface area contributed by atoms with E-state index in [0.29, 0.717) is 36.0 Å². The molecule has 0 saturated heterocycles. The van der Waals surface area contributed by atoms with Gasteiger partial charge in [-0.1, -0.05) is 48.5 Å². The molecule has 1 aliphatic rings. The molecule has 0 radical (unpaired) electrons. The van der Waals surface area contributed by atoms with Gasteiger partial charge >= 0.3 is 6.18 Å². The number of carbonyl (C=O) groups is 1. The van der Waals surface area contributed by atoms with E-state index in [2.05, 4.69) is 10.3 Å². The Morgan fingerprint density at radius 2 is 1.64 bits per heavy atom. The van der Waals surface area contributed by atoms with E-state index in [-0.39, 0.29) is 31.0 Å². The van der Waals surface area contributed by atoms with Gasteiger partial charge in [0.05, 0.1) is 18.2 Å². The normalized spacial score (nSPS) is 13.5. The summed E-state index contributed by atoms with van der Waals surface area (Å²) in [5.74, 6) is 1.22. The molecule has 2 heterocycles. The Morgan fingerprint density at radius 3 is 2.38 bits per heavy atom. The largest absolute Gasteiger partial charge is 0.454 e. The van der Waals surface area contributed by atoms with Crippen LogP contribution in [0.4, 0.5) is 13.2 Å². The van der Waals surface area contributed by atoms with Crippen molar-refractivity contribution in [2.45, 2.75) is 38.8 Å². The molecule has 1 amide bonds. The highest BCUT2D eigenvalue weighted by Crippen LogP contribution is 2.33. The van der Waals surface area contributed by atoms with Gasteiger partial charge in [-0.05, 0) is 47.9 Å². The predicted octanol–water partition coefficient (Wildman–Crippen LogP) is 6.12. The average molecular weight is 538 g/mol. The number of nitrogens with zero attached hydrogens (tertiary/aromatic N) is 2. The summed E-state index contributed by atoms with van der Waals surface area (Å²) in [6.45, 7) is 2.99. The molecular formula is C29H26F3N3O4. The highest BCUT2D eigenvalue weighted by atomic mass is 19.4. The minimum absolute atomic E-state index is 0.144. The number of fused-ring (bicyclic) bond motifs is 1. The van der Waals surface area contributed by atoms with Crippen molar-refractivity contribution in [1.29, 1.82) is 0 Å². The SMILES string of the molecule is C[C@H](NC(=O)c1coc(CN(Cc2ccc(C(F)(F)F)cc2)Cc2ccc3c(c2)OCO3)n1)c1ccccc1. The Balaban J connectivity index is 1.31. The van der Waals surface area contributed by atoms with Gasteiger partial charge in [0, 0.05) is 13.1 Å². The molecule has 202 valence electrons. The number of rotatable bonds is 9. The van der Waals surface area contributed by atoms with E-state index >= 15 is 0 Å². The first-order chi connectivity index (χ1) is 18.7. The number of amides is 1. The van der Waals surface area contributed by atoms with Gasteiger partial charge in [0.15, 0.2) is 17.2 Å². The summed E-state index contributed by atoms with van der Waals surface area (Å²) in [6, 6.07) is 19.9. The summed E-state index contributed by atoms with van der Waals surface area (Å²) in [6.07, 6.45) is -3.10. The van der Waals surface area contributed by atoms with Crippen molar-refractivity contribution in [2.75, 3.05) is 6.79 Å². The highest BCUT2D eigenvalue weighted by Gasteiger charge is 2.30. The molecule has 4 aromatic rings. The number of carbonyl (C=O) groups excluding carboxylic acids is 1. The van der Waals surface area contributed by atoms with E-state index in [0.717, 1.165) is 23.3 Å². The fraction of sp³-hybridized carbons (Fsp3) is 0.241. The Kier molecular flexibility index (Phi) is 7.56. The van der Waals surface area contributed by atoms with Gasteiger partial charge in [0.25, 0.3) is 5.91 Å². The number of alkyl halides is 3. The van der Waals surface area contributed by atoms with Crippen LogP contribution in [0, 0.1) is 0 Å². The number of oxazole rings is 1. The lowest BCUT2D eigenvalue weighted by Gasteiger charge is -2.21. The quantitative estimate of drug-likeness (QED) is 0.277. The molecule has 0 fully saturated rings. The zero-order valence-corrected chi connectivity index (χ0v) is 21.1. The maximum Gasteiger partial charge on any atom is 0.416 e. The van der Waals surface area contributed by atoms with Crippen LogP contribution in [0.2, 0.25) is 0 Å². The van der Waals surface area contributed by atoms with Crippen molar-refractivity contribution in [1.82, 2.24) is 15.2 Å². The summed E-state index contributed by atoms with van der Waals surface area (Å²) in [4.78, 5) is 19.1. The maximum atomic E-state index is 13.0. The topological polar surface area (TPSA) is 76.8 Å². The molecular weight excluding hydrogens is 511 g/mol. The molecule has 7 nitrogen and oxygen atoms in total. The lowest BCUT2D eigenvalue weighted by Crippen LogP contribution is -2.27. The molecule has 1 N–H and O–H groups in total. The molecule has 0 bridgehead atoms. The van der Waals surface area contributed by atoms with Gasteiger partial charge in [-0.25, -0.2) is 4.98 Å². The van der Waals surface area contributed by atoms with Crippen LogP contribution in [0.1, 0.15) is 51.6 Å². The lowest BCUT2D eigenvalue weighted by molar-refractivity contribution is -0.137. The summed E-state index contributed by atoms with van der Waals surface area (Å²) < 4.78 is 55.5. The number of halogens is 3. The van der Waals surface area contributed by atoms with Gasteiger partial charge in [-0.2, -0.15) is 13.2 Å². The van der Waals surface area contributed by atoms with E-state index in [9.17, 15) is 18.0 Å². The van der Waals surface area contributed by atoms with Crippen LogP contribution in [-0.4, -0.2) is 22.6 Å². The van der Waals surface area contributed by atoms with Crippen LogP contribution in [0.5, 0.6) is 11.5 Å². The molecule has 10 heteroatoms. The molecule has 3 aromatic carbocycles. The van der Waals surface area contributed by atoms with Gasteiger partial charge in [0.1, 0.15) is 6.26 Å². The molecule has 1 aromatic heterocycles. The average Bonchev–Trinajstić information content (AvgIpc) is 3.58. The van der Waals surface area contributed by atoms with Crippen molar-refractivity contribution >= 4 is 5.91 Å². The monoisotopic (exact) mass is 537 g/mol. The molecule has 1 aliphatic heterocycles. The van der Waals surface area contributed by atoms with Crippen molar-refractivity contribution in [2.24, 2.45) is 0 Å². The molecule has 5 rings (SSSR count). The number of benzene rings is 3. The lowest BCUT2D eigenvalue weighted by atomic mass is 10.1. The van der Waals surface area contributed by atoms with E-state index in [1.165, 1.54) is 18.4 Å². The van der Waals surface area contributed by atoms with E-state index in [1.54, 1.807) is 0 Å². The van der Waals surface area contributed by atoms with Crippen LogP contribution in [0.3, 0.4) is 0 Å². The van der Waals surface area contributed by atoms with Crippen LogP contribution in [-0.2, 0) is 25.8 Å². The minimum atomic E-state index is -4.40. The van der Waals surface area contributed by atoms with Crippen molar-refractivity contribution in [3.05, 3.63) is 113 Å². The van der Waals surface area contributed by atoms with E-state index in [4.69, 9.17) is 13.9 Å². The Labute approximate surface area is 223 Å². The zero-order valence-electron chi connectivity index (χ0n) is 21.1. The Morgan fingerprint density at radius 1 is 0.949 bits per heavy atom. The molecule has 0 unspecified atom stereocenters. The van der Waals surface area contributed by atoms with E-state index in [1.807, 2.05) is 60.4 Å². The smallest absolute Gasteiger partial charge is 0.416 e.